The van der Waals surface area contributed by atoms with E-state index in [-0.39, 0.29) is 41.5 Å². The largest absolute Gasteiger partial charge is 0.494 e. The van der Waals surface area contributed by atoms with Crippen LogP contribution in [0.25, 0.3) is 0 Å². The van der Waals surface area contributed by atoms with Crippen molar-refractivity contribution in [3.05, 3.63) is 82.5 Å². The lowest BCUT2D eigenvalue weighted by Gasteiger charge is -2.43. The molecule has 1 unspecified atom stereocenters. The van der Waals surface area contributed by atoms with E-state index in [1.807, 2.05) is 42.5 Å². The summed E-state index contributed by atoms with van der Waals surface area (Å²) in [4.78, 5) is 68.3. The molecule has 18 heteroatoms. The molecule has 0 aliphatic carbocycles. The normalized spacial score (nSPS) is 18.9. The third-order valence-corrected chi connectivity index (χ3v) is 14.2. The number of para-hydroxylation sites is 1. The summed E-state index contributed by atoms with van der Waals surface area (Å²) in [5.74, 6) is 0.745. The fraction of sp³-hybridized carbons (Fsp3) is 0.422. The van der Waals surface area contributed by atoms with Crippen molar-refractivity contribution in [1.82, 2.24) is 30.0 Å². The van der Waals surface area contributed by atoms with Gasteiger partial charge in [-0.2, -0.15) is 4.98 Å². The SMILES string of the molecule is COc1cc(N2CCC(N3CCN(CCOc4cccc5c4CN(C4CCC(=O)NC4=O)C5=O)CC3)CC2)c(C(C)=O)cc1Nc1ncc(Cl)c(Nc2ccccc2P(C)(C)=O)n1. The topological polar surface area (TPSA) is 179 Å². The number of anilines is 5. The van der Waals surface area contributed by atoms with Crippen molar-refractivity contribution in [3.63, 3.8) is 0 Å². The number of rotatable bonds is 14. The van der Waals surface area contributed by atoms with Crippen LogP contribution in [-0.2, 0) is 20.7 Å². The molecule has 0 spiro atoms. The first kappa shape index (κ1) is 44.1. The van der Waals surface area contributed by atoms with Gasteiger partial charge in [0, 0.05) is 86.3 Å². The van der Waals surface area contributed by atoms with Crippen molar-refractivity contribution in [1.29, 1.82) is 0 Å². The van der Waals surface area contributed by atoms with E-state index >= 15 is 0 Å². The molecule has 5 heterocycles. The Morgan fingerprint density at radius 1 is 0.937 bits per heavy atom. The second-order valence-corrected chi connectivity index (χ2v) is 20.4. The maximum absolute atomic E-state index is 13.2. The number of hydrogen-bond donors (Lipinski definition) is 3. The lowest BCUT2D eigenvalue weighted by Crippen LogP contribution is -2.53. The molecule has 0 bridgehead atoms. The minimum Gasteiger partial charge on any atom is -0.494 e. The molecule has 0 saturated carbocycles. The molecule has 4 aliphatic heterocycles. The molecule has 3 fully saturated rings. The number of piperidine rings is 2. The van der Waals surface area contributed by atoms with Crippen LogP contribution in [0.15, 0.2) is 60.8 Å². The molecule has 16 nitrogen and oxygen atoms in total. The third kappa shape index (κ3) is 9.69. The Kier molecular flexibility index (Phi) is 13.1. The summed E-state index contributed by atoms with van der Waals surface area (Å²) in [6.45, 7) is 11.8. The Morgan fingerprint density at radius 3 is 2.41 bits per heavy atom. The number of nitrogens with zero attached hydrogens (tertiary/aromatic N) is 6. The Balaban J connectivity index is 0.842. The molecule has 3 saturated heterocycles. The van der Waals surface area contributed by atoms with Crippen molar-refractivity contribution >= 4 is 76.4 Å². The number of carbonyl (C=O) groups is 4. The van der Waals surface area contributed by atoms with Gasteiger partial charge in [0.25, 0.3) is 5.91 Å². The van der Waals surface area contributed by atoms with E-state index in [1.54, 1.807) is 44.4 Å². The summed E-state index contributed by atoms with van der Waals surface area (Å²) in [6.07, 6.45) is 3.93. The van der Waals surface area contributed by atoms with Crippen LogP contribution in [0.2, 0.25) is 5.02 Å². The monoisotopic (exact) mass is 897 g/mol. The number of ketones is 1. The number of halogens is 1. The second kappa shape index (κ2) is 18.7. The summed E-state index contributed by atoms with van der Waals surface area (Å²) in [5.41, 5.74) is 3.89. The molecule has 1 aromatic heterocycles. The van der Waals surface area contributed by atoms with Crippen LogP contribution in [0.1, 0.15) is 58.9 Å². The summed E-state index contributed by atoms with van der Waals surface area (Å²) in [7, 11) is -1.01. The molecule has 8 rings (SSSR count). The van der Waals surface area contributed by atoms with Gasteiger partial charge in [-0.15, -0.1) is 0 Å². The summed E-state index contributed by atoms with van der Waals surface area (Å²) in [5, 5.41) is 9.77. The van der Waals surface area contributed by atoms with Gasteiger partial charge in [-0.05, 0) is 69.8 Å². The molecule has 4 aliphatic rings. The molecule has 3 amide bonds. The van der Waals surface area contributed by atoms with Crippen LogP contribution in [0.4, 0.5) is 28.8 Å². The fourth-order valence-corrected chi connectivity index (χ4v) is 10.3. The van der Waals surface area contributed by atoms with Gasteiger partial charge in [-0.3, -0.25) is 34.3 Å². The van der Waals surface area contributed by atoms with Crippen LogP contribution in [0.5, 0.6) is 11.5 Å². The van der Waals surface area contributed by atoms with Gasteiger partial charge in [0.1, 0.15) is 36.3 Å². The lowest BCUT2D eigenvalue weighted by atomic mass is 9.99. The average molecular weight is 898 g/mol. The number of piperazine rings is 1. The van der Waals surface area contributed by atoms with Gasteiger partial charge >= 0.3 is 0 Å². The Hall–Kier alpha value is -5.54. The molecule has 3 N–H and O–H groups in total. The first-order chi connectivity index (χ1) is 30.3. The standard InChI is InChI=1S/C45H53ClN9O7P/c1-28(56)31-24-35(49-45-47-26-33(46)42(51-45)48-34-9-5-6-11-40(34)63(3,4)60)39(61-2)25-37(31)54-16-14-29(15-17-54)53-20-18-52(19-21-53)22-23-62-38-10-7-8-30-32(38)27-55(44(30)59)36-12-13-41(57)50-43(36)58/h5-11,24-26,29,36H,12-23,27H2,1-4H3,(H,50,57,58)(H2,47,48,49,51). The smallest absolute Gasteiger partial charge is 0.255 e. The van der Waals surface area contributed by atoms with Crippen LogP contribution < -0.4 is 35.6 Å². The highest BCUT2D eigenvalue weighted by Gasteiger charge is 2.40. The van der Waals surface area contributed by atoms with Crippen molar-refractivity contribution in [2.24, 2.45) is 0 Å². The van der Waals surface area contributed by atoms with Crippen LogP contribution in [0, 0.1) is 0 Å². The third-order valence-electron chi connectivity index (χ3n) is 12.4. The number of Topliss-reactive ketones (excluding diaryl/α,β-unsaturated/α-hetero) is 1. The van der Waals surface area contributed by atoms with Gasteiger partial charge in [-0.25, -0.2) is 4.98 Å². The number of amides is 3. The maximum Gasteiger partial charge on any atom is 0.255 e. The van der Waals surface area contributed by atoms with Crippen LogP contribution >= 0.6 is 18.7 Å². The number of nitrogens with one attached hydrogen (secondary N) is 3. The molecule has 0 radical (unpaired) electrons. The average Bonchev–Trinajstić information content (AvgIpc) is 3.61. The first-order valence-corrected chi connectivity index (χ1v) is 24.3. The summed E-state index contributed by atoms with van der Waals surface area (Å²) >= 11 is 6.50. The van der Waals surface area contributed by atoms with E-state index in [0.29, 0.717) is 64.2 Å². The minimum atomic E-state index is -2.60. The molecular formula is C45H53ClN9O7P. The number of hydrogen-bond acceptors (Lipinski definition) is 14. The zero-order valence-corrected chi connectivity index (χ0v) is 37.6. The Bertz CT molecular complexity index is 2470. The minimum absolute atomic E-state index is 0.0724. The highest BCUT2D eigenvalue weighted by Crippen LogP contribution is 2.40. The molecule has 1 atom stereocenters. The van der Waals surface area contributed by atoms with Crippen molar-refractivity contribution in [2.75, 3.05) is 88.4 Å². The second-order valence-electron chi connectivity index (χ2n) is 16.8. The zero-order chi connectivity index (χ0) is 44.4. The number of ether oxygens (including phenoxy) is 2. The van der Waals surface area contributed by atoms with E-state index in [4.69, 9.17) is 21.1 Å². The highest BCUT2D eigenvalue weighted by atomic mass is 35.5. The van der Waals surface area contributed by atoms with Crippen LogP contribution in [0.3, 0.4) is 0 Å². The molecule has 63 heavy (non-hydrogen) atoms. The van der Waals surface area contributed by atoms with E-state index in [0.717, 1.165) is 69.9 Å². The Morgan fingerprint density at radius 2 is 1.70 bits per heavy atom. The van der Waals surface area contributed by atoms with Crippen LogP contribution in [-0.4, -0.2) is 133 Å². The molecule has 332 valence electrons. The number of carbonyl (C=O) groups excluding carboxylic acids is 4. The maximum atomic E-state index is 13.2. The molecule has 4 aromatic rings. The van der Waals surface area contributed by atoms with E-state index in [2.05, 4.69) is 40.6 Å². The number of fused-ring (bicyclic) bond motifs is 1. The number of benzene rings is 3. The fourth-order valence-electron chi connectivity index (χ4n) is 8.99. The van der Waals surface area contributed by atoms with Gasteiger partial charge in [0.2, 0.25) is 17.8 Å². The molecule has 3 aromatic carbocycles. The quantitative estimate of drug-likeness (QED) is 0.0821. The number of methoxy groups -OCH3 is 1. The van der Waals surface area contributed by atoms with E-state index in [9.17, 15) is 23.7 Å². The van der Waals surface area contributed by atoms with Gasteiger partial charge in [-0.1, -0.05) is 29.8 Å². The molecular weight excluding hydrogens is 845 g/mol. The predicted molar refractivity (Wildman–Crippen MR) is 243 cm³/mol. The van der Waals surface area contributed by atoms with Gasteiger partial charge < -0.3 is 34.5 Å². The van der Waals surface area contributed by atoms with Crippen molar-refractivity contribution in [2.45, 2.75) is 51.2 Å². The number of imide groups is 1. The number of aromatic nitrogens is 2. The van der Waals surface area contributed by atoms with E-state index < -0.39 is 19.1 Å². The van der Waals surface area contributed by atoms with Gasteiger partial charge in [0.05, 0.1) is 36.9 Å². The van der Waals surface area contributed by atoms with Crippen molar-refractivity contribution < 1.29 is 33.2 Å². The van der Waals surface area contributed by atoms with Gasteiger partial charge in [0.15, 0.2) is 11.6 Å². The summed E-state index contributed by atoms with van der Waals surface area (Å²) < 4.78 is 25.0. The lowest BCUT2D eigenvalue weighted by molar-refractivity contribution is -0.136. The van der Waals surface area contributed by atoms with Crippen molar-refractivity contribution in [3.8, 4) is 11.5 Å². The predicted octanol–water partition coefficient (Wildman–Crippen LogP) is 5.50. The highest BCUT2D eigenvalue weighted by molar-refractivity contribution is 7.70. The first-order valence-electron chi connectivity index (χ1n) is 21.3. The Labute approximate surface area is 372 Å². The zero-order valence-electron chi connectivity index (χ0n) is 36.0. The van der Waals surface area contributed by atoms with E-state index in [1.165, 1.54) is 6.20 Å². The summed E-state index contributed by atoms with van der Waals surface area (Å²) in [6, 6.07) is 16.2.